The minimum atomic E-state index is -0.993. The minimum Gasteiger partial charge on any atom is -0.492 e. The van der Waals surface area contributed by atoms with Crippen LogP contribution in [-0.4, -0.2) is 63.3 Å². The molecule has 11 nitrogen and oxygen atoms in total. The van der Waals surface area contributed by atoms with Gasteiger partial charge >= 0.3 is 0 Å². The molecule has 0 saturated carbocycles. The fourth-order valence-corrected chi connectivity index (χ4v) is 4.33. The summed E-state index contributed by atoms with van der Waals surface area (Å²) in [6, 6.07) is 12.2. The van der Waals surface area contributed by atoms with Gasteiger partial charge in [-0.3, -0.25) is 14.5 Å². The lowest BCUT2D eigenvalue weighted by Gasteiger charge is -2.31. The largest absolute Gasteiger partial charge is 0.492 e. The van der Waals surface area contributed by atoms with Crippen molar-refractivity contribution in [3.8, 4) is 11.5 Å². The van der Waals surface area contributed by atoms with E-state index in [0.29, 0.717) is 18.0 Å². The Labute approximate surface area is 214 Å². The first-order valence-electron chi connectivity index (χ1n) is 12.4. The lowest BCUT2D eigenvalue weighted by Crippen LogP contribution is -2.45. The maximum absolute atomic E-state index is 13.1. The maximum Gasteiger partial charge on any atom is 0.281 e. The quantitative estimate of drug-likeness (QED) is 0.442. The van der Waals surface area contributed by atoms with E-state index in [1.54, 1.807) is 26.0 Å². The van der Waals surface area contributed by atoms with Crippen LogP contribution in [0.2, 0.25) is 0 Å². The molecule has 2 aromatic carbocycles. The number of nitrogen functional groups attached to an aromatic ring is 1. The highest BCUT2D eigenvalue weighted by Gasteiger charge is 2.35. The summed E-state index contributed by atoms with van der Waals surface area (Å²) in [6.07, 6.45) is 3.85. The van der Waals surface area contributed by atoms with Gasteiger partial charge in [0.05, 0.1) is 5.69 Å². The number of fused-ring (bicyclic) bond motifs is 1. The molecule has 0 aliphatic carbocycles. The average molecular weight is 506 g/mol. The molecule has 5 rings (SSSR count). The van der Waals surface area contributed by atoms with E-state index in [0.717, 1.165) is 35.8 Å². The van der Waals surface area contributed by atoms with E-state index < -0.39 is 11.5 Å². The van der Waals surface area contributed by atoms with Crippen LogP contribution in [-0.2, 0) is 4.79 Å². The van der Waals surface area contributed by atoms with Gasteiger partial charge < -0.3 is 25.8 Å². The number of hydrogen-bond acceptors (Lipinski definition) is 9. The fraction of sp³-hybridized carbons (Fsp3) is 0.385. The Kier molecular flexibility index (Phi) is 6.70. The number of amides is 1. The molecule has 1 aromatic heterocycles. The van der Waals surface area contributed by atoms with Crippen molar-refractivity contribution in [2.45, 2.75) is 38.7 Å². The number of nitrogens with one attached hydrogen (secondary N) is 2. The molecule has 4 N–H and O–H groups in total. The number of piperidine rings is 1. The number of anilines is 4. The molecule has 2 aliphatic rings. The Bertz CT molecular complexity index is 1300. The number of rotatable bonds is 7. The summed E-state index contributed by atoms with van der Waals surface area (Å²) < 4.78 is 12.6. The van der Waals surface area contributed by atoms with Crippen molar-refractivity contribution in [1.82, 2.24) is 19.7 Å². The molecular weight excluding hydrogens is 474 g/mol. The zero-order valence-corrected chi connectivity index (χ0v) is 21.0. The molecule has 194 valence electrons. The Morgan fingerprint density at radius 3 is 2.68 bits per heavy atom. The Balaban J connectivity index is 1.21. The number of ether oxygens (including phenoxy) is 2. The number of aromatic nitrogens is 3. The average Bonchev–Trinajstić information content (AvgIpc) is 3.25. The van der Waals surface area contributed by atoms with Gasteiger partial charge in [-0.25, -0.2) is 0 Å². The Morgan fingerprint density at radius 1 is 1.16 bits per heavy atom. The molecule has 3 heterocycles. The van der Waals surface area contributed by atoms with E-state index in [-0.39, 0.29) is 23.4 Å². The van der Waals surface area contributed by atoms with Crippen molar-refractivity contribution in [1.29, 1.82) is 0 Å². The summed E-state index contributed by atoms with van der Waals surface area (Å²) >= 11 is 0. The first-order valence-corrected chi connectivity index (χ1v) is 12.4. The molecule has 0 bridgehead atoms. The van der Waals surface area contributed by atoms with E-state index in [1.165, 1.54) is 25.3 Å². The molecule has 1 fully saturated rings. The molecule has 0 unspecified atom stereocenters. The van der Waals surface area contributed by atoms with Gasteiger partial charge in [0, 0.05) is 17.8 Å². The number of benzene rings is 2. The standard InChI is InChI=1S/C26H31N7O4/c1-26(2)23(35)29-20-16-17(6-11-21(20)37-26)22(34)33-24(27)30-25(31-33)28-18-7-9-19(10-8-18)36-15-14-32-12-4-3-5-13-32/h6-11,16H,3-5,12-15H2,1-2H3,(H,29,35)(H3,27,28,30,31). The van der Waals surface area contributed by atoms with Gasteiger partial charge in [0.2, 0.25) is 11.9 Å². The summed E-state index contributed by atoms with van der Waals surface area (Å²) in [5.74, 6) is 0.592. The molecule has 1 amide bonds. The van der Waals surface area contributed by atoms with Crippen LogP contribution >= 0.6 is 0 Å². The second-order valence-corrected chi connectivity index (χ2v) is 9.69. The lowest BCUT2D eigenvalue weighted by atomic mass is 10.0. The third-order valence-corrected chi connectivity index (χ3v) is 6.45. The van der Waals surface area contributed by atoms with E-state index in [1.807, 2.05) is 24.3 Å². The third kappa shape index (κ3) is 5.51. The van der Waals surface area contributed by atoms with Crippen molar-refractivity contribution in [3.63, 3.8) is 0 Å². The summed E-state index contributed by atoms with van der Waals surface area (Å²) in [6.45, 7) is 7.21. The van der Waals surface area contributed by atoms with Crippen LogP contribution in [0.4, 0.5) is 23.3 Å². The third-order valence-electron chi connectivity index (χ3n) is 6.45. The fourth-order valence-electron chi connectivity index (χ4n) is 4.33. The molecule has 37 heavy (non-hydrogen) atoms. The van der Waals surface area contributed by atoms with Crippen LogP contribution in [0.15, 0.2) is 42.5 Å². The number of carbonyl (C=O) groups excluding carboxylic acids is 2. The first-order chi connectivity index (χ1) is 17.8. The van der Waals surface area contributed by atoms with Gasteiger partial charge in [-0.15, -0.1) is 5.10 Å². The molecule has 2 aliphatic heterocycles. The summed E-state index contributed by atoms with van der Waals surface area (Å²) in [7, 11) is 0. The number of hydrogen-bond donors (Lipinski definition) is 3. The number of nitrogens with zero attached hydrogens (tertiary/aromatic N) is 4. The van der Waals surface area contributed by atoms with E-state index in [2.05, 4.69) is 25.6 Å². The van der Waals surface area contributed by atoms with Crippen molar-refractivity contribution in [2.75, 3.05) is 42.6 Å². The van der Waals surface area contributed by atoms with Gasteiger partial charge in [-0.05, 0) is 82.2 Å². The van der Waals surface area contributed by atoms with E-state index in [9.17, 15) is 9.59 Å². The second-order valence-electron chi connectivity index (χ2n) is 9.69. The van der Waals surface area contributed by atoms with Crippen molar-refractivity contribution in [2.24, 2.45) is 0 Å². The predicted octanol–water partition coefficient (Wildman–Crippen LogP) is 3.27. The Morgan fingerprint density at radius 2 is 1.92 bits per heavy atom. The lowest BCUT2D eigenvalue weighted by molar-refractivity contribution is -0.129. The number of carbonyl (C=O) groups is 2. The maximum atomic E-state index is 13.1. The molecule has 11 heteroatoms. The van der Waals surface area contributed by atoms with Crippen LogP contribution in [0.25, 0.3) is 0 Å². The van der Waals surface area contributed by atoms with Crippen LogP contribution in [0.1, 0.15) is 43.5 Å². The van der Waals surface area contributed by atoms with Crippen molar-refractivity contribution < 1.29 is 19.1 Å². The van der Waals surface area contributed by atoms with Gasteiger partial charge in [0.15, 0.2) is 5.60 Å². The van der Waals surface area contributed by atoms with E-state index in [4.69, 9.17) is 15.2 Å². The van der Waals surface area contributed by atoms with Crippen LogP contribution in [0.3, 0.4) is 0 Å². The minimum absolute atomic E-state index is 0.0655. The molecule has 1 saturated heterocycles. The Hall–Kier alpha value is -4.12. The molecule has 0 spiro atoms. The summed E-state index contributed by atoms with van der Waals surface area (Å²) in [5.41, 5.74) is 6.39. The van der Waals surface area contributed by atoms with Crippen LogP contribution < -0.4 is 25.8 Å². The highest BCUT2D eigenvalue weighted by atomic mass is 16.5. The van der Waals surface area contributed by atoms with Gasteiger partial charge in [0.25, 0.3) is 11.8 Å². The van der Waals surface area contributed by atoms with Crippen molar-refractivity contribution in [3.05, 3.63) is 48.0 Å². The highest BCUT2D eigenvalue weighted by Crippen LogP contribution is 2.34. The first kappa shape index (κ1) is 24.6. The smallest absolute Gasteiger partial charge is 0.281 e. The van der Waals surface area contributed by atoms with E-state index >= 15 is 0 Å². The summed E-state index contributed by atoms with van der Waals surface area (Å²) in [4.78, 5) is 31.9. The monoisotopic (exact) mass is 505 g/mol. The van der Waals surface area contributed by atoms with Crippen LogP contribution in [0.5, 0.6) is 11.5 Å². The number of likely N-dealkylation sites (tertiary alicyclic amines) is 1. The van der Waals surface area contributed by atoms with Gasteiger partial charge in [-0.2, -0.15) is 9.67 Å². The molecule has 0 atom stereocenters. The molecular formula is C26H31N7O4. The topological polar surface area (TPSA) is 137 Å². The second kappa shape index (κ2) is 10.1. The van der Waals surface area contributed by atoms with Gasteiger partial charge in [-0.1, -0.05) is 6.42 Å². The van der Waals surface area contributed by atoms with Crippen LogP contribution in [0, 0.1) is 0 Å². The molecule has 3 aromatic rings. The SMILES string of the molecule is CC1(C)Oc2ccc(C(=O)n3nc(Nc4ccc(OCCN5CCCCC5)cc4)nc3N)cc2NC1=O. The molecule has 0 radical (unpaired) electrons. The normalized spacial score (nSPS) is 16.9. The summed E-state index contributed by atoms with van der Waals surface area (Å²) in [5, 5.41) is 10.0. The van der Waals surface area contributed by atoms with Gasteiger partial charge in [0.1, 0.15) is 18.1 Å². The van der Waals surface area contributed by atoms with Crippen molar-refractivity contribution >= 4 is 35.1 Å². The predicted molar refractivity (Wildman–Crippen MR) is 139 cm³/mol. The highest BCUT2D eigenvalue weighted by molar-refractivity contribution is 6.03. The number of nitrogens with two attached hydrogens (primary N) is 1. The zero-order valence-electron chi connectivity index (χ0n) is 21.0. The zero-order chi connectivity index (χ0) is 26.0.